The van der Waals surface area contributed by atoms with Gasteiger partial charge in [-0.3, -0.25) is 0 Å². The summed E-state index contributed by atoms with van der Waals surface area (Å²) in [5.74, 6) is 1.79. The van der Waals surface area contributed by atoms with E-state index in [4.69, 9.17) is 20.2 Å². The van der Waals surface area contributed by atoms with E-state index in [0.717, 1.165) is 54.3 Å². The van der Waals surface area contributed by atoms with Crippen LogP contribution in [0.15, 0.2) is 48.8 Å². The summed E-state index contributed by atoms with van der Waals surface area (Å²) in [5, 5.41) is 4.50. The number of benzene rings is 1. The molecule has 8 nitrogen and oxygen atoms in total. The summed E-state index contributed by atoms with van der Waals surface area (Å²) < 4.78 is 28.0. The van der Waals surface area contributed by atoms with E-state index in [2.05, 4.69) is 15.0 Å². The molecule has 2 aliphatic rings. The number of ether oxygens (including phenoxy) is 2. The van der Waals surface area contributed by atoms with Gasteiger partial charge in [0.2, 0.25) is 5.88 Å². The minimum Gasteiger partial charge on any atom is -0.483 e. The zero-order chi connectivity index (χ0) is 23.4. The third-order valence-corrected chi connectivity index (χ3v) is 7.04. The lowest BCUT2D eigenvalue weighted by Gasteiger charge is -2.41. The van der Waals surface area contributed by atoms with Gasteiger partial charge in [-0.25, -0.2) is 18.9 Å². The summed E-state index contributed by atoms with van der Waals surface area (Å²) in [6, 6.07) is 10.2. The van der Waals surface area contributed by atoms with Crippen LogP contribution in [0.5, 0.6) is 11.6 Å². The van der Waals surface area contributed by atoms with E-state index in [0.29, 0.717) is 17.1 Å². The normalized spacial score (nSPS) is 18.8. The molecule has 5 heterocycles. The lowest BCUT2D eigenvalue weighted by Crippen LogP contribution is -2.51. The first-order valence-corrected chi connectivity index (χ1v) is 11.3. The number of rotatable bonds is 3. The average molecular weight is 461 g/mol. The number of methoxy groups -OCH3 is 1. The fourth-order valence-corrected chi connectivity index (χ4v) is 5.22. The lowest BCUT2D eigenvalue weighted by atomic mass is 9.83. The van der Waals surface area contributed by atoms with Crippen LogP contribution >= 0.6 is 0 Å². The van der Waals surface area contributed by atoms with Gasteiger partial charge in [0.25, 0.3) is 0 Å². The van der Waals surface area contributed by atoms with Gasteiger partial charge in [-0.05, 0) is 25.1 Å². The van der Waals surface area contributed by atoms with E-state index in [1.165, 1.54) is 6.07 Å². The smallest absolute Gasteiger partial charge is 0.213 e. The lowest BCUT2D eigenvalue weighted by molar-refractivity contribution is 0.0429. The Balaban J connectivity index is 1.31. The van der Waals surface area contributed by atoms with E-state index in [1.54, 1.807) is 36.2 Å². The van der Waals surface area contributed by atoms with Gasteiger partial charge in [0.1, 0.15) is 22.7 Å². The van der Waals surface area contributed by atoms with Crippen LogP contribution in [-0.4, -0.2) is 45.4 Å². The quantitative estimate of drug-likeness (QED) is 0.499. The Morgan fingerprint density at radius 2 is 2.00 bits per heavy atom. The highest BCUT2D eigenvalue weighted by atomic mass is 19.1. The minimum absolute atomic E-state index is 0.255. The van der Waals surface area contributed by atoms with Crippen LogP contribution < -0.4 is 20.1 Å². The van der Waals surface area contributed by atoms with Crippen LogP contribution in [0, 0.1) is 12.7 Å². The topological polar surface area (TPSA) is 90.8 Å². The van der Waals surface area contributed by atoms with Gasteiger partial charge in [0.15, 0.2) is 5.82 Å². The number of aryl methyl sites for hydroxylation is 1. The van der Waals surface area contributed by atoms with Gasteiger partial charge in [-0.1, -0.05) is 12.1 Å². The molecule has 0 saturated carbocycles. The van der Waals surface area contributed by atoms with Gasteiger partial charge < -0.3 is 20.1 Å². The van der Waals surface area contributed by atoms with Crippen molar-refractivity contribution in [1.29, 1.82) is 0 Å². The molecule has 1 spiro atoms. The van der Waals surface area contributed by atoms with E-state index < -0.39 is 5.60 Å². The summed E-state index contributed by atoms with van der Waals surface area (Å²) in [5.41, 5.74) is 9.82. The van der Waals surface area contributed by atoms with Gasteiger partial charge in [0, 0.05) is 43.1 Å². The third kappa shape index (κ3) is 3.03. The van der Waals surface area contributed by atoms with Crippen LogP contribution in [0.2, 0.25) is 0 Å². The molecule has 3 aromatic heterocycles. The summed E-state index contributed by atoms with van der Waals surface area (Å²) in [6.45, 7) is 3.34. The zero-order valence-corrected chi connectivity index (χ0v) is 19.0. The second kappa shape index (κ2) is 7.66. The standard InChI is InChI=1S/C25H25FN6O2/c1-15-22(16-5-3-4-6-18(16)26)32-19(7-10-29-32)24(30-15)31-11-8-25(9-12-31)23(27)17-13-21(33-2)28-14-20(17)34-25/h3-7,10,13-14,23H,8-9,11-12,27H2,1-2H3/t23-/m1/s1. The van der Waals surface area contributed by atoms with Crippen LogP contribution in [0.25, 0.3) is 16.8 Å². The molecule has 2 N–H and O–H groups in total. The second-order valence-electron chi connectivity index (χ2n) is 8.87. The molecular weight excluding hydrogens is 435 g/mol. The SMILES string of the molecule is COc1cc2c(cn1)OC1(CCN(c3nc(C)c(-c4ccccc4F)n4nccc34)CC1)[C@@H]2N. The summed E-state index contributed by atoms with van der Waals surface area (Å²) >= 11 is 0. The summed E-state index contributed by atoms with van der Waals surface area (Å²) in [7, 11) is 1.59. The van der Waals surface area contributed by atoms with Crippen LogP contribution in [0.4, 0.5) is 10.2 Å². The predicted octanol–water partition coefficient (Wildman–Crippen LogP) is 3.68. The van der Waals surface area contributed by atoms with Crippen LogP contribution in [0.1, 0.15) is 30.1 Å². The maximum absolute atomic E-state index is 14.6. The first-order chi connectivity index (χ1) is 16.5. The number of pyridine rings is 1. The van der Waals surface area contributed by atoms with E-state index in [-0.39, 0.29) is 11.9 Å². The Morgan fingerprint density at radius 3 is 2.76 bits per heavy atom. The van der Waals surface area contributed by atoms with Crippen LogP contribution in [0.3, 0.4) is 0 Å². The van der Waals surface area contributed by atoms with Crippen molar-refractivity contribution in [2.24, 2.45) is 5.73 Å². The highest BCUT2D eigenvalue weighted by Gasteiger charge is 2.49. The van der Waals surface area contributed by atoms with Crippen molar-refractivity contribution >= 4 is 11.3 Å². The van der Waals surface area contributed by atoms with E-state index in [1.807, 2.05) is 25.1 Å². The summed E-state index contributed by atoms with van der Waals surface area (Å²) in [4.78, 5) is 11.4. The molecule has 1 aromatic carbocycles. The number of aromatic nitrogens is 4. The van der Waals surface area contributed by atoms with Gasteiger partial charge in [-0.15, -0.1) is 0 Å². The molecule has 4 aromatic rings. The second-order valence-corrected chi connectivity index (χ2v) is 8.87. The monoisotopic (exact) mass is 460 g/mol. The van der Waals surface area contributed by atoms with Crippen molar-refractivity contribution in [3.63, 3.8) is 0 Å². The number of nitrogens with zero attached hydrogens (tertiary/aromatic N) is 5. The predicted molar refractivity (Wildman–Crippen MR) is 126 cm³/mol. The minimum atomic E-state index is -0.481. The molecule has 1 atom stereocenters. The molecule has 1 saturated heterocycles. The van der Waals surface area contributed by atoms with Gasteiger partial charge in [-0.2, -0.15) is 5.10 Å². The molecule has 2 aliphatic heterocycles. The maximum atomic E-state index is 14.6. The fourth-order valence-electron chi connectivity index (χ4n) is 5.22. The Bertz CT molecular complexity index is 1400. The van der Waals surface area contributed by atoms with Gasteiger partial charge in [0.05, 0.1) is 36.9 Å². The highest BCUT2D eigenvalue weighted by Crippen LogP contribution is 2.48. The van der Waals surface area contributed by atoms with Crippen molar-refractivity contribution < 1.29 is 13.9 Å². The molecule has 1 fully saturated rings. The number of halogens is 1. The molecule has 0 unspecified atom stereocenters. The van der Waals surface area contributed by atoms with E-state index in [9.17, 15) is 4.39 Å². The number of fused-ring (bicyclic) bond motifs is 2. The first-order valence-electron chi connectivity index (χ1n) is 11.3. The Kier molecular flexibility index (Phi) is 4.70. The summed E-state index contributed by atoms with van der Waals surface area (Å²) in [6.07, 6.45) is 4.89. The number of hydrogen-bond donors (Lipinski definition) is 1. The first kappa shape index (κ1) is 20.9. The van der Waals surface area contributed by atoms with Gasteiger partial charge >= 0.3 is 0 Å². The third-order valence-electron chi connectivity index (χ3n) is 7.04. The molecule has 34 heavy (non-hydrogen) atoms. The highest BCUT2D eigenvalue weighted by molar-refractivity contribution is 5.75. The number of hydrogen-bond acceptors (Lipinski definition) is 7. The fraction of sp³-hybridized carbons (Fsp3) is 0.320. The molecule has 0 aliphatic carbocycles. The molecule has 174 valence electrons. The molecule has 6 rings (SSSR count). The van der Waals surface area contributed by atoms with Crippen molar-refractivity contribution in [3.8, 4) is 22.9 Å². The largest absolute Gasteiger partial charge is 0.483 e. The van der Waals surface area contributed by atoms with Crippen LogP contribution in [-0.2, 0) is 0 Å². The van der Waals surface area contributed by atoms with Crippen molar-refractivity contribution in [2.45, 2.75) is 31.4 Å². The number of piperidine rings is 1. The Labute approximate surface area is 196 Å². The Morgan fingerprint density at radius 1 is 1.21 bits per heavy atom. The average Bonchev–Trinajstić information content (AvgIpc) is 3.43. The van der Waals surface area contributed by atoms with Crippen molar-refractivity contribution in [1.82, 2.24) is 19.6 Å². The molecule has 0 amide bonds. The molecule has 0 radical (unpaired) electrons. The number of nitrogens with two attached hydrogens (primary N) is 1. The molecule has 0 bridgehead atoms. The van der Waals surface area contributed by atoms with E-state index >= 15 is 0 Å². The maximum Gasteiger partial charge on any atom is 0.213 e. The van der Waals surface area contributed by atoms with Crippen molar-refractivity contribution in [2.75, 3.05) is 25.1 Å². The Hall–Kier alpha value is -3.72. The molecule has 9 heteroatoms. The van der Waals surface area contributed by atoms with Crippen molar-refractivity contribution in [3.05, 3.63) is 65.9 Å². The zero-order valence-electron chi connectivity index (χ0n) is 19.0. The number of anilines is 1. The molecular formula is C25H25FN6O2.